The molecule has 2 heterocycles. The highest BCUT2D eigenvalue weighted by atomic mass is 16.5. The summed E-state index contributed by atoms with van der Waals surface area (Å²) in [5.74, 6) is 0.552. The molecule has 0 bridgehead atoms. The van der Waals surface area contributed by atoms with Crippen molar-refractivity contribution < 1.29 is 11.0 Å². The van der Waals surface area contributed by atoms with Crippen LogP contribution in [0.1, 0.15) is 101 Å². The van der Waals surface area contributed by atoms with Gasteiger partial charge in [0.15, 0.2) is 0 Å². The summed E-state index contributed by atoms with van der Waals surface area (Å²) in [6, 6.07) is 7.01. The zero-order chi connectivity index (χ0) is 28.2. The lowest BCUT2D eigenvalue weighted by molar-refractivity contribution is -0.121. The van der Waals surface area contributed by atoms with Crippen LogP contribution in [0.3, 0.4) is 0 Å². The van der Waals surface area contributed by atoms with Gasteiger partial charge < -0.3 is 19.5 Å². The SMILES string of the molecule is CC.CCC(C)n1c(=NC)c(CCCCCNC(=O)CC(C)C)nc2cc(N3C[C@@H](C)O[C@@H](C)C3)ccc21.[HH]. The molecule has 1 fully saturated rings. The first-order valence-electron chi connectivity index (χ1n) is 14.9. The number of aromatic nitrogens is 2. The number of anilines is 1. The van der Waals surface area contributed by atoms with E-state index in [0.29, 0.717) is 18.4 Å². The Bertz CT molecular complexity index is 1070. The zero-order valence-corrected chi connectivity index (χ0v) is 25.5. The van der Waals surface area contributed by atoms with E-state index in [4.69, 9.17) is 14.7 Å². The lowest BCUT2D eigenvalue weighted by Crippen LogP contribution is -2.45. The van der Waals surface area contributed by atoms with E-state index >= 15 is 0 Å². The van der Waals surface area contributed by atoms with Gasteiger partial charge in [0.1, 0.15) is 5.49 Å². The molecule has 1 unspecified atom stereocenters. The fraction of sp³-hybridized carbons (Fsp3) is 0.710. The third-order valence-electron chi connectivity index (χ3n) is 6.99. The first-order chi connectivity index (χ1) is 18.2. The van der Waals surface area contributed by atoms with Gasteiger partial charge in [0.05, 0.1) is 28.9 Å². The number of aryl methyl sites for hydroxylation is 1. The lowest BCUT2D eigenvalue weighted by atomic mass is 10.1. The number of morpholine rings is 1. The molecule has 1 aromatic heterocycles. The highest BCUT2D eigenvalue weighted by Crippen LogP contribution is 2.26. The molecule has 7 heteroatoms. The second kappa shape index (κ2) is 15.9. The molecule has 1 saturated heterocycles. The normalized spacial score (nSPS) is 18.9. The number of benzene rings is 1. The molecule has 1 amide bonds. The van der Waals surface area contributed by atoms with E-state index in [9.17, 15) is 4.79 Å². The summed E-state index contributed by atoms with van der Waals surface area (Å²) in [6.07, 6.45) is 6.01. The number of unbranched alkanes of at least 4 members (excludes halogenated alkanes) is 2. The van der Waals surface area contributed by atoms with Gasteiger partial charge in [-0.15, -0.1) is 0 Å². The van der Waals surface area contributed by atoms with Crippen molar-refractivity contribution in [1.82, 2.24) is 14.9 Å². The van der Waals surface area contributed by atoms with Crippen LogP contribution in [0.5, 0.6) is 0 Å². The fourth-order valence-electron chi connectivity index (χ4n) is 5.14. The molecule has 38 heavy (non-hydrogen) atoms. The van der Waals surface area contributed by atoms with Gasteiger partial charge in [0.25, 0.3) is 0 Å². The van der Waals surface area contributed by atoms with E-state index in [1.807, 2.05) is 20.9 Å². The van der Waals surface area contributed by atoms with E-state index in [1.165, 1.54) is 5.69 Å². The number of carbonyl (C=O) groups is 1. The van der Waals surface area contributed by atoms with Crippen LogP contribution in [0.4, 0.5) is 5.69 Å². The van der Waals surface area contributed by atoms with Crippen LogP contribution in [-0.2, 0) is 16.0 Å². The van der Waals surface area contributed by atoms with Crippen LogP contribution in [-0.4, -0.2) is 54.3 Å². The summed E-state index contributed by atoms with van der Waals surface area (Å²) in [5.41, 5.74) is 5.43. The molecule has 0 aliphatic carbocycles. The predicted octanol–water partition coefficient (Wildman–Crippen LogP) is 6.30. The summed E-state index contributed by atoms with van der Waals surface area (Å²) in [7, 11) is 1.88. The summed E-state index contributed by atoms with van der Waals surface area (Å²) < 4.78 is 8.32. The Hall–Kier alpha value is -2.41. The Morgan fingerprint density at radius 2 is 1.84 bits per heavy atom. The topological polar surface area (TPSA) is 71.8 Å². The van der Waals surface area contributed by atoms with Crippen LogP contribution in [0, 0.1) is 5.92 Å². The Kier molecular flexibility index (Phi) is 13.3. The number of hydrogen-bond acceptors (Lipinski definition) is 5. The van der Waals surface area contributed by atoms with Crippen molar-refractivity contribution in [2.24, 2.45) is 10.9 Å². The maximum Gasteiger partial charge on any atom is 0.220 e. The minimum atomic E-state index is 0. The molecular weight excluding hydrogens is 474 g/mol. The molecule has 7 nitrogen and oxygen atoms in total. The van der Waals surface area contributed by atoms with Crippen LogP contribution >= 0.6 is 0 Å². The minimum Gasteiger partial charge on any atom is -0.372 e. The molecule has 1 N–H and O–H groups in total. The van der Waals surface area contributed by atoms with E-state index in [-0.39, 0.29) is 19.5 Å². The first-order valence-corrected chi connectivity index (χ1v) is 14.9. The number of amides is 1. The number of nitrogens with one attached hydrogen (secondary N) is 1. The highest BCUT2D eigenvalue weighted by Gasteiger charge is 2.23. The Morgan fingerprint density at radius 1 is 1.16 bits per heavy atom. The largest absolute Gasteiger partial charge is 0.372 e. The van der Waals surface area contributed by atoms with Gasteiger partial charge in [-0.2, -0.15) is 0 Å². The van der Waals surface area contributed by atoms with Crippen molar-refractivity contribution in [3.8, 4) is 0 Å². The van der Waals surface area contributed by atoms with E-state index < -0.39 is 0 Å². The average molecular weight is 530 g/mol. The molecular formula is C31H55N5O2. The number of ether oxygens (including phenoxy) is 1. The maximum atomic E-state index is 11.9. The van der Waals surface area contributed by atoms with Gasteiger partial charge in [-0.05, 0) is 70.6 Å². The number of fused-ring (bicyclic) bond motifs is 1. The summed E-state index contributed by atoms with van der Waals surface area (Å²) in [5, 5.41) is 3.04. The quantitative estimate of drug-likeness (QED) is 0.347. The number of carbonyl (C=O) groups excluding carboxylic acids is 1. The van der Waals surface area contributed by atoms with Gasteiger partial charge in [-0.25, -0.2) is 4.98 Å². The van der Waals surface area contributed by atoms with Crippen LogP contribution < -0.4 is 15.7 Å². The van der Waals surface area contributed by atoms with Crippen molar-refractivity contribution >= 4 is 22.6 Å². The number of hydrogen-bond donors (Lipinski definition) is 1. The minimum absolute atomic E-state index is 0. The fourth-order valence-corrected chi connectivity index (χ4v) is 5.14. The van der Waals surface area contributed by atoms with Crippen molar-refractivity contribution in [2.75, 3.05) is 31.6 Å². The van der Waals surface area contributed by atoms with E-state index in [1.54, 1.807) is 0 Å². The monoisotopic (exact) mass is 529 g/mol. The number of nitrogens with zero attached hydrogens (tertiary/aromatic N) is 4. The van der Waals surface area contributed by atoms with Crippen LogP contribution in [0.2, 0.25) is 0 Å². The molecule has 0 radical (unpaired) electrons. The molecule has 3 atom stereocenters. The van der Waals surface area contributed by atoms with Crippen molar-refractivity contribution in [3.63, 3.8) is 0 Å². The first kappa shape index (κ1) is 31.8. The molecule has 216 valence electrons. The van der Waals surface area contributed by atoms with Gasteiger partial charge in [-0.1, -0.05) is 41.0 Å². The molecule has 0 saturated carbocycles. The molecule has 1 aliphatic heterocycles. The van der Waals surface area contributed by atoms with Crippen molar-refractivity contribution in [3.05, 3.63) is 29.4 Å². The van der Waals surface area contributed by atoms with Gasteiger partial charge >= 0.3 is 0 Å². The molecule has 0 spiro atoms. The third kappa shape index (κ3) is 8.82. The summed E-state index contributed by atoms with van der Waals surface area (Å²) in [4.78, 5) is 24.1. The maximum absolute atomic E-state index is 11.9. The Labute approximate surface area is 232 Å². The van der Waals surface area contributed by atoms with Gasteiger partial charge in [-0.3, -0.25) is 9.79 Å². The third-order valence-corrected chi connectivity index (χ3v) is 6.99. The lowest BCUT2D eigenvalue weighted by Gasteiger charge is -2.37. The van der Waals surface area contributed by atoms with E-state index in [0.717, 1.165) is 74.0 Å². The molecule has 1 aliphatic rings. The van der Waals surface area contributed by atoms with E-state index in [2.05, 4.69) is 74.5 Å². The Morgan fingerprint density at radius 3 is 2.45 bits per heavy atom. The molecule has 1 aromatic carbocycles. The molecule has 2 aromatic rings. The van der Waals surface area contributed by atoms with Crippen molar-refractivity contribution in [1.29, 1.82) is 0 Å². The van der Waals surface area contributed by atoms with Crippen molar-refractivity contribution in [2.45, 2.75) is 112 Å². The number of rotatable bonds is 11. The second-order valence-electron chi connectivity index (χ2n) is 10.8. The van der Waals surface area contributed by atoms with Crippen LogP contribution in [0.15, 0.2) is 23.2 Å². The predicted molar refractivity (Wildman–Crippen MR) is 162 cm³/mol. The smallest absolute Gasteiger partial charge is 0.220 e. The second-order valence-corrected chi connectivity index (χ2v) is 10.8. The van der Waals surface area contributed by atoms with Gasteiger partial charge in [0, 0.05) is 46.3 Å². The highest BCUT2D eigenvalue weighted by molar-refractivity contribution is 5.80. The Balaban J connectivity index is 0.00000248. The standard InChI is InChI=1S/C29H47N5O2.C2H6.H2/c1-8-21(4)34-27-14-13-24(33-18-22(5)36-23(6)19-33)17-26(27)32-25(29(34)30-7)12-10-9-11-15-31-28(35)16-20(2)3;1-2;/h13-14,17,20-23H,8-12,15-16,18-19H2,1-7H3,(H,31,35);1-2H3;1H/t21?,22-,23+;;. The molecule has 3 rings (SSSR count). The summed E-state index contributed by atoms with van der Waals surface area (Å²) >= 11 is 0. The van der Waals surface area contributed by atoms with Gasteiger partial charge in [0.2, 0.25) is 5.91 Å². The summed E-state index contributed by atoms with van der Waals surface area (Å²) in [6.45, 7) is 19.4. The van der Waals surface area contributed by atoms with Crippen LogP contribution in [0.25, 0.3) is 11.0 Å². The zero-order valence-electron chi connectivity index (χ0n) is 25.5. The average Bonchev–Trinajstić information content (AvgIpc) is 2.89.